The SMILES string of the molecule is CC(C)(O)C1C(=O)N2C(C(=O)OCc3ccccc3)=CCC12Sc1ccccc1. The fraction of sp³-hybridized carbons (Fsp3) is 0.304. The Morgan fingerprint density at radius 2 is 1.79 bits per heavy atom. The molecule has 0 aromatic heterocycles. The van der Waals surface area contributed by atoms with Gasteiger partial charge in [0.2, 0.25) is 5.91 Å². The van der Waals surface area contributed by atoms with E-state index in [1.165, 1.54) is 16.7 Å². The number of fused-ring (bicyclic) bond motifs is 1. The minimum atomic E-state index is -1.20. The normalized spacial score (nSPS) is 23.3. The summed E-state index contributed by atoms with van der Waals surface area (Å²) in [6.45, 7) is 3.44. The number of ether oxygens (including phenoxy) is 1. The van der Waals surface area contributed by atoms with Crippen LogP contribution in [0.2, 0.25) is 0 Å². The zero-order valence-electron chi connectivity index (χ0n) is 16.4. The molecule has 1 N–H and O–H groups in total. The van der Waals surface area contributed by atoms with Crippen molar-refractivity contribution in [3.05, 3.63) is 78.0 Å². The number of hydrogen-bond donors (Lipinski definition) is 1. The molecule has 2 aliphatic rings. The quantitative estimate of drug-likeness (QED) is 0.582. The van der Waals surface area contributed by atoms with E-state index in [1.54, 1.807) is 19.9 Å². The lowest BCUT2D eigenvalue weighted by Crippen LogP contribution is -2.72. The molecule has 29 heavy (non-hydrogen) atoms. The Kier molecular flexibility index (Phi) is 5.00. The molecule has 1 amide bonds. The fourth-order valence-corrected chi connectivity index (χ4v) is 5.76. The molecule has 0 saturated carbocycles. The van der Waals surface area contributed by atoms with Crippen LogP contribution in [-0.2, 0) is 20.9 Å². The number of benzene rings is 2. The Bertz CT molecular complexity index is 952. The van der Waals surface area contributed by atoms with E-state index >= 15 is 0 Å². The van der Waals surface area contributed by atoms with Gasteiger partial charge in [-0.2, -0.15) is 0 Å². The van der Waals surface area contributed by atoms with Gasteiger partial charge in [0.15, 0.2) is 0 Å². The van der Waals surface area contributed by atoms with Crippen LogP contribution in [0.15, 0.2) is 77.3 Å². The summed E-state index contributed by atoms with van der Waals surface area (Å²) in [5, 5.41) is 10.7. The molecule has 2 heterocycles. The summed E-state index contributed by atoms with van der Waals surface area (Å²) in [5.41, 5.74) is -0.0596. The van der Waals surface area contributed by atoms with E-state index in [0.29, 0.717) is 6.42 Å². The summed E-state index contributed by atoms with van der Waals surface area (Å²) in [4.78, 5) is 27.5. The Balaban J connectivity index is 1.56. The van der Waals surface area contributed by atoms with Crippen molar-refractivity contribution < 1.29 is 19.4 Å². The summed E-state index contributed by atoms with van der Waals surface area (Å²) in [6, 6.07) is 19.1. The van der Waals surface area contributed by atoms with Crippen molar-refractivity contribution in [3.63, 3.8) is 0 Å². The number of hydrogen-bond acceptors (Lipinski definition) is 5. The van der Waals surface area contributed by atoms with Crippen molar-refractivity contribution in [1.29, 1.82) is 0 Å². The number of β-lactam (4-membered cyclic amide) rings is 1. The second kappa shape index (κ2) is 7.35. The number of carbonyl (C=O) groups excluding carboxylic acids is 2. The highest BCUT2D eigenvalue weighted by molar-refractivity contribution is 8.00. The first-order valence-corrected chi connectivity index (χ1v) is 10.4. The van der Waals surface area contributed by atoms with Crippen LogP contribution in [0.25, 0.3) is 0 Å². The maximum absolute atomic E-state index is 13.0. The molecule has 150 valence electrons. The van der Waals surface area contributed by atoms with Crippen molar-refractivity contribution in [2.75, 3.05) is 0 Å². The summed E-state index contributed by atoms with van der Waals surface area (Å²) in [5.74, 6) is -1.39. The molecule has 6 heteroatoms. The van der Waals surface area contributed by atoms with E-state index in [9.17, 15) is 14.7 Å². The Labute approximate surface area is 174 Å². The van der Waals surface area contributed by atoms with Crippen LogP contribution in [0.1, 0.15) is 25.8 Å². The van der Waals surface area contributed by atoms with Crippen molar-refractivity contribution in [2.45, 2.75) is 42.2 Å². The highest BCUT2D eigenvalue weighted by atomic mass is 32.2. The van der Waals surface area contributed by atoms with Crippen LogP contribution in [0.4, 0.5) is 0 Å². The molecule has 2 atom stereocenters. The van der Waals surface area contributed by atoms with Gasteiger partial charge in [-0.3, -0.25) is 9.69 Å². The van der Waals surface area contributed by atoms with Crippen LogP contribution in [-0.4, -0.2) is 32.4 Å². The smallest absolute Gasteiger partial charge is 0.355 e. The average Bonchev–Trinajstić information content (AvgIpc) is 3.00. The lowest BCUT2D eigenvalue weighted by Gasteiger charge is -2.57. The second-order valence-electron chi connectivity index (χ2n) is 7.88. The van der Waals surface area contributed by atoms with Gasteiger partial charge in [-0.15, -0.1) is 0 Å². The monoisotopic (exact) mass is 409 g/mol. The number of aliphatic hydroxyl groups is 1. The molecule has 2 unspecified atom stereocenters. The number of carbonyl (C=O) groups is 2. The number of thioether (sulfide) groups is 1. The molecule has 0 spiro atoms. The van der Waals surface area contributed by atoms with Gasteiger partial charge >= 0.3 is 5.97 Å². The van der Waals surface area contributed by atoms with Gasteiger partial charge < -0.3 is 9.84 Å². The predicted molar refractivity (Wildman–Crippen MR) is 111 cm³/mol. The summed E-state index contributed by atoms with van der Waals surface area (Å²) in [7, 11) is 0. The molecule has 2 aromatic rings. The lowest BCUT2D eigenvalue weighted by molar-refractivity contribution is -0.174. The van der Waals surface area contributed by atoms with Crippen LogP contribution < -0.4 is 0 Å². The lowest BCUT2D eigenvalue weighted by atomic mass is 9.75. The van der Waals surface area contributed by atoms with Gasteiger partial charge in [-0.05, 0) is 37.6 Å². The molecule has 2 aliphatic heterocycles. The molecule has 5 nitrogen and oxygen atoms in total. The zero-order valence-corrected chi connectivity index (χ0v) is 17.2. The van der Waals surface area contributed by atoms with Crippen LogP contribution in [0, 0.1) is 5.92 Å². The number of nitrogens with zero attached hydrogens (tertiary/aromatic N) is 1. The molecule has 0 radical (unpaired) electrons. The number of rotatable bonds is 6. The number of amides is 1. The van der Waals surface area contributed by atoms with Crippen LogP contribution >= 0.6 is 11.8 Å². The molecule has 1 saturated heterocycles. The summed E-state index contributed by atoms with van der Waals surface area (Å²) < 4.78 is 5.46. The van der Waals surface area contributed by atoms with Crippen molar-refractivity contribution in [3.8, 4) is 0 Å². The summed E-state index contributed by atoms with van der Waals surface area (Å²) in [6.07, 6.45) is 2.23. The first kappa shape index (κ1) is 19.7. The van der Waals surface area contributed by atoms with E-state index in [-0.39, 0.29) is 18.2 Å². The first-order chi connectivity index (χ1) is 13.8. The number of esters is 1. The largest absolute Gasteiger partial charge is 0.456 e. The van der Waals surface area contributed by atoms with Crippen LogP contribution in [0.3, 0.4) is 0 Å². The van der Waals surface area contributed by atoms with Gasteiger partial charge in [-0.1, -0.05) is 60.3 Å². The maximum atomic E-state index is 13.0. The first-order valence-electron chi connectivity index (χ1n) is 9.55. The zero-order chi connectivity index (χ0) is 20.6. The van der Waals surface area contributed by atoms with Gasteiger partial charge in [0.25, 0.3) is 0 Å². The topological polar surface area (TPSA) is 66.8 Å². The molecule has 0 bridgehead atoms. The van der Waals surface area contributed by atoms with Crippen molar-refractivity contribution in [2.24, 2.45) is 5.92 Å². The minimum Gasteiger partial charge on any atom is -0.456 e. The Hall–Kier alpha value is -2.57. The minimum absolute atomic E-state index is 0.146. The molecule has 1 fully saturated rings. The van der Waals surface area contributed by atoms with E-state index in [4.69, 9.17) is 4.74 Å². The van der Waals surface area contributed by atoms with Gasteiger partial charge in [-0.25, -0.2) is 4.79 Å². The standard InChI is InChI=1S/C23H23NO4S/c1-22(2,27)19-20(25)24-18(21(26)28-15-16-9-5-3-6-10-16)13-14-23(19,24)29-17-11-7-4-8-12-17/h3-13,19,27H,14-15H2,1-2H3. The van der Waals surface area contributed by atoms with Crippen molar-refractivity contribution in [1.82, 2.24) is 4.90 Å². The molecule has 2 aromatic carbocycles. The van der Waals surface area contributed by atoms with E-state index in [0.717, 1.165) is 10.5 Å². The van der Waals surface area contributed by atoms with Crippen molar-refractivity contribution >= 4 is 23.6 Å². The van der Waals surface area contributed by atoms with Gasteiger partial charge in [0.1, 0.15) is 23.1 Å². The average molecular weight is 410 g/mol. The molecule has 4 rings (SSSR count). The summed E-state index contributed by atoms with van der Waals surface area (Å²) >= 11 is 1.51. The Morgan fingerprint density at radius 1 is 1.17 bits per heavy atom. The fourth-order valence-electron chi connectivity index (χ4n) is 4.10. The van der Waals surface area contributed by atoms with Crippen LogP contribution in [0.5, 0.6) is 0 Å². The Morgan fingerprint density at radius 3 is 2.41 bits per heavy atom. The highest BCUT2D eigenvalue weighted by Crippen LogP contribution is 2.60. The second-order valence-corrected chi connectivity index (χ2v) is 9.26. The van der Waals surface area contributed by atoms with E-state index < -0.39 is 22.4 Å². The molecular weight excluding hydrogens is 386 g/mol. The third kappa shape index (κ3) is 3.47. The molecule has 0 aliphatic carbocycles. The van der Waals surface area contributed by atoms with Gasteiger partial charge in [0.05, 0.1) is 5.60 Å². The van der Waals surface area contributed by atoms with E-state index in [1.807, 2.05) is 60.7 Å². The van der Waals surface area contributed by atoms with Gasteiger partial charge in [0, 0.05) is 11.3 Å². The third-order valence-corrected chi connectivity index (χ3v) is 6.74. The highest BCUT2D eigenvalue weighted by Gasteiger charge is 2.69. The predicted octanol–water partition coefficient (Wildman–Crippen LogP) is 3.74. The maximum Gasteiger partial charge on any atom is 0.355 e. The third-order valence-electron chi connectivity index (χ3n) is 5.29. The van der Waals surface area contributed by atoms with E-state index in [2.05, 4.69) is 0 Å². The molecular formula is C23H23NO4S.